The van der Waals surface area contributed by atoms with Crippen molar-refractivity contribution in [2.24, 2.45) is 0 Å². The Kier molecular flexibility index (Phi) is 4.47. The van der Waals surface area contributed by atoms with Crippen molar-refractivity contribution in [1.29, 1.82) is 0 Å². The fourth-order valence-electron chi connectivity index (χ4n) is 3.20. The van der Waals surface area contributed by atoms with E-state index in [1.807, 2.05) is 12.4 Å². The largest absolute Gasteiger partial charge is 0.339 e. The summed E-state index contributed by atoms with van der Waals surface area (Å²) in [6, 6.07) is 0.711. The topological polar surface area (TPSA) is 44.3 Å². The highest BCUT2D eigenvalue weighted by molar-refractivity contribution is 5.32. The summed E-state index contributed by atoms with van der Waals surface area (Å²) in [5.74, 6) is 0.895. The van der Waals surface area contributed by atoms with Crippen molar-refractivity contribution in [3.8, 4) is 0 Å². The molecular weight excluding hydrogens is 250 g/mol. The minimum absolute atomic E-state index is 0.711. The maximum absolute atomic E-state index is 4.53. The Morgan fingerprint density at radius 3 is 2.65 bits per heavy atom. The van der Waals surface area contributed by atoms with E-state index in [4.69, 9.17) is 0 Å². The van der Waals surface area contributed by atoms with Crippen LogP contribution in [0.2, 0.25) is 0 Å². The second kappa shape index (κ2) is 6.50. The fourth-order valence-corrected chi connectivity index (χ4v) is 3.20. The van der Waals surface area contributed by atoms with Crippen molar-refractivity contribution < 1.29 is 0 Å². The van der Waals surface area contributed by atoms with Crippen LogP contribution in [0.1, 0.15) is 31.7 Å². The van der Waals surface area contributed by atoms with Gasteiger partial charge < -0.3 is 10.2 Å². The lowest BCUT2D eigenvalue weighted by molar-refractivity contribution is 0.260. The van der Waals surface area contributed by atoms with Crippen LogP contribution < -0.4 is 10.2 Å². The number of nitrogens with zero attached hydrogens (tertiary/aromatic N) is 4. The van der Waals surface area contributed by atoms with E-state index in [-0.39, 0.29) is 0 Å². The van der Waals surface area contributed by atoms with Crippen LogP contribution in [0.3, 0.4) is 0 Å². The van der Waals surface area contributed by atoms with E-state index >= 15 is 0 Å². The van der Waals surface area contributed by atoms with Gasteiger partial charge in [0.25, 0.3) is 0 Å². The molecule has 0 aromatic carbocycles. The lowest BCUT2D eigenvalue weighted by atomic mass is 10.2. The van der Waals surface area contributed by atoms with Crippen molar-refractivity contribution in [1.82, 2.24) is 20.2 Å². The molecule has 5 nitrogen and oxygen atoms in total. The Hall–Kier alpha value is -1.20. The molecule has 110 valence electrons. The Labute approximate surface area is 121 Å². The van der Waals surface area contributed by atoms with Gasteiger partial charge in [-0.3, -0.25) is 4.90 Å². The van der Waals surface area contributed by atoms with E-state index in [0.717, 1.165) is 37.7 Å². The zero-order valence-electron chi connectivity index (χ0n) is 12.4. The molecule has 1 atom stereocenters. The zero-order chi connectivity index (χ0) is 13.8. The van der Waals surface area contributed by atoms with Gasteiger partial charge in [-0.05, 0) is 38.9 Å². The Bertz CT molecular complexity index is 413. The zero-order valence-corrected chi connectivity index (χ0v) is 12.4. The molecule has 2 fully saturated rings. The van der Waals surface area contributed by atoms with Gasteiger partial charge in [-0.15, -0.1) is 0 Å². The van der Waals surface area contributed by atoms with Gasteiger partial charge in [-0.25, -0.2) is 9.97 Å². The average Bonchev–Trinajstić information content (AvgIpc) is 3.16. The predicted molar refractivity (Wildman–Crippen MR) is 80.8 cm³/mol. The van der Waals surface area contributed by atoms with Crippen molar-refractivity contribution in [3.05, 3.63) is 18.0 Å². The predicted octanol–water partition coefficient (Wildman–Crippen LogP) is 1.26. The minimum Gasteiger partial charge on any atom is -0.339 e. The van der Waals surface area contributed by atoms with Gasteiger partial charge in [0.05, 0.1) is 0 Å². The first kappa shape index (κ1) is 13.8. The number of nitrogens with one attached hydrogen (secondary N) is 1. The van der Waals surface area contributed by atoms with Crippen LogP contribution in [-0.2, 0) is 6.54 Å². The third-order valence-electron chi connectivity index (χ3n) is 4.37. The number of hydrogen-bond donors (Lipinski definition) is 1. The van der Waals surface area contributed by atoms with Gasteiger partial charge in [0.1, 0.15) is 0 Å². The molecule has 1 unspecified atom stereocenters. The van der Waals surface area contributed by atoms with Gasteiger partial charge >= 0.3 is 0 Å². The van der Waals surface area contributed by atoms with Crippen molar-refractivity contribution in [3.63, 3.8) is 0 Å². The highest BCUT2D eigenvalue weighted by Crippen LogP contribution is 2.22. The summed E-state index contributed by atoms with van der Waals surface area (Å²) in [6.45, 7) is 8.68. The lowest BCUT2D eigenvalue weighted by Gasteiger charge is -2.23. The van der Waals surface area contributed by atoms with Crippen molar-refractivity contribution in [2.45, 2.75) is 38.8 Å². The number of likely N-dealkylation sites (tertiary alicyclic amines) is 1. The molecule has 0 bridgehead atoms. The Morgan fingerprint density at radius 2 is 1.95 bits per heavy atom. The molecule has 1 aromatic rings. The van der Waals surface area contributed by atoms with E-state index in [2.05, 4.69) is 32.0 Å². The first-order valence-electron chi connectivity index (χ1n) is 7.87. The molecule has 20 heavy (non-hydrogen) atoms. The number of anilines is 1. The molecule has 2 saturated heterocycles. The van der Waals surface area contributed by atoms with Crippen LogP contribution >= 0.6 is 0 Å². The van der Waals surface area contributed by atoms with Crippen LogP contribution in [0.15, 0.2) is 12.4 Å². The quantitative estimate of drug-likeness (QED) is 0.876. The van der Waals surface area contributed by atoms with Crippen LogP contribution in [-0.4, -0.2) is 53.6 Å². The molecule has 0 saturated carbocycles. The van der Waals surface area contributed by atoms with Crippen molar-refractivity contribution in [2.75, 3.05) is 37.6 Å². The van der Waals surface area contributed by atoms with Crippen LogP contribution in [0.4, 0.5) is 5.95 Å². The molecule has 0 spiro atoms. The summed E-state index contributed by atoms with van der Waals surface area (Å²) in [6.07, 6.45) is 7.89. The monoisotopic (exact) mass is 275 g/mol. The molecular formula is C15H25N5. The van der Waals surface area contributed by atoms with E-state index < -0.39 is 0 Å². The smallest absolute Gasteiger partial charge is 0.225 e. The lowest BCUT2D eigenvalue weighted by Crippen LogP contribution is -2.35. The highest BCUT2D eigenvalue weighted by atomic mass is 15.3. The molecule has 0 radical (unpaired) electrons. The van der Waals surface area contributed by atoms with E-state index in [9.17, 15) is 0 Å². The minimum atomic E-state index is 0.711. The summed E-state index contributed by atoms with van der Waals surface area (Å²) >= 11 is 0. The van der Waals surface area contributed by atoms with Gasteiger partial charge in [0, 0.05) is 43.6 Å². The molecule has 0 aliphatic carbocycles. The van der Waals surface area contributed by atoms with Gasteiger partial charge in [0.2, 0.25) is 5.95 Å². The third-order valence-corrected chi connectivity index (χ3v) is 4.37. The molecule has 5 heteroatoms. The molecule has 1 N–H and O–H groups in total. The second-order valence-corrected chi connectivity index (χ2v) is 5.80. The van der Waals surface area contributed by atoms with Crippen LogP contribution in [0.25, 0.3) is 0 Å². The average molecular weight is 275 g/mol. The number of rotatable bonds is 5. The summed E-state index contributed by atoms with van der Waals surface area (Å²) in [4.78, 5) is 14.0. The maximum Gasteiger partial charge on any atom is 0.225 e. The molecule has 2 aliphatic heterocycles. The maximum atomic E-state index is 4.53. The molecule has 1 aromatic heterocycles. The first-order chi connectivity index (χ1) is 9.86. The van der Waals surface area contributed by atoms with Crippen LogP contribution in [0.5, 0.6) is 0 Å². The number of aromatic nitrogens is 2. The summed E-state index contributed by atoms with van der Waals surface area (Å²) in [7, 11) is 0. The molecule has 3 heterocycles. The highest BCUT2D eigenvalue weighted by Gasteiger charge is 2.30. The Morgan fingerprint density at radius 1 is 1.20 bits per heavy atom. The normalized spacial score (nSPS) is 23.6. The first-order valence-corrected chi connectivity index (χ1v) is 7.87. The van der Waals surface area contributed by atoms with Gasteiger partial charge in [-0.2, -0.15) is 0 Å². The molecule has 2 aliphatic rings. The van der Waals surface area contributed by atoms with E-state index in [0.29, 0.717) is 6.04 Å². The van der Waals surface area contributed by atoms with Crippen LogP contribution in [0, 0.1) is 0 Å². The van der Waals surface area contributed by atoms with Gasteiger partial charge in [-0.1, -0.05) is 6.92 Å². The second-order valence-electron chi connectivity index (χ2n) is 5.80. The molecule has 0 amide bonds. The van der Waals surface area contributed by atoms with Gasteiger partial charge in [0.15, 0.2) is 0 Å². The third kappa shape index (κ3) is 3.10. The van der Waals surface area contributed by atoms with Crippen molar-refractivity contribution >= 4 is 5.95 Å². The SMILES string of the molecule is CCNCc1cnc(N2CCC(N3CCCC3)C2)nc1. The fraction of sp³-hybridized carbons (Fsp3) is 0.733. The number of hydrogen-bond acceptors (Lipinski definition) is 5. The standard InChI is InChI=1S/C15H25N5/c1-2-16-9-13-10-17-15(18-11-13)20-8-5-14(12-20)19-6-3-4-7-19/h10-11,14,16H,2-9,12H2,1H3. The van der Waals surface area contributed by atoms with E-state index in [1.165, 1.54) is 32.4 Å². The Balaban J connectivity index is 1.56. The van der Waals surface area contributed by atoms with E-state index in [1.54, 1.807) is 0 Å². The summed E-state index contributed by atoms with van der Waals surface area (Å²) < 4.78 is 0. The molecule has 3 rings (SSSR count). The summed E-state index contributed by atoms with van der Waals surface area (Å²) in [5, 5.41) is 3.30. The summed E-state index contributed by atoms with van der Waals surface area (Å²) in [5.41, 5.74) is 1.16.